The summed E-state index contributed by atoms with van der Waals surface area (Å²) in [7, 11) is 0. The number of nitrogens with zero attached hydrogens (tertiary/aromatic N) is 1. The Morgan fingerprint density at radius 2 is 2.04 bits per heavy atom. The van der Waals surface area contributed by atoms with Crippen LogP contribution in [0.15, 0.2) is 24.3 Å². The average molecular weight is 344 g/mol. The Bertz CT molecular complexity index is 549. The fourth-order valence-corrected chi connectivity index (χ4v) is 2.88. The largest absolute Gasteiger partial charge is 0.494 e. The number of hydrogen-bond acceptors (Lipinski definition) is 3. The van der Waals surface area contributed by atoms with Gasteiger partial charge >= 0.3 is 6.18 Å². The molecular formula is C17H23F3N2O2. The van der Waals surface area contributed by atoms with Crippen LogP contribution >= 0.6 is 0 Å². The number of carbonyl (C=O) groups is 1. The van der Waals surface area contributed by atoms with Crippen LogP contribution in [0.4, 0.5) is 13.2 Å². The highest BCUT2D eigenvalue weighted by Crippen LogP contribution is 2.29. The Kier molecular flexibility index (Phi) is 6.48. The maximum Gasteiger partial charge on any atom is 0.405 e. The van der Waals surface area contributed by atoms with Gasteiger partial charge in [-0.05, 0) is 37.8 Å². The summed E-state index contributed by atoms with van der Waals surface area (Å²) in [5, 5.41) is 1.02. The Labute approximate surface area is 139 Å². The van der Waals surface area contributed by atoms with Crippen LogP contribution in [0.1, 0.15) is 38.2 Å². The highest BCUT2D eigenvalue weighted by atomic mass is 19.4. The van der Waals surface area contributed by atoms with E-state index < -0.39 is 12.2 Å². The smallest absolute Gasteiger partial charge is 0.405 e. The lowest BCUT2D eigenvalue weighted by Gasteiger charge is -2.28. The van der Waals surface area contributed by atoms with Crippen molar-refractivity contribution < 1.29 is 22.7 Å². The molecule has 1 heterocycles. The van der Waals surface area contributed by atoms with Crippen LogP contribution in [0.2, 0.25) is 0 Å². The zero-order chi connectivity index (χ0) is 17.6. The molecule has 0 aromatic heterocycles. The van der Waals surface area contributed by atoms with Crippen molar-refractivity contribution in [2.24, 2.45) is 0 Å². The molecule has 0 bridgehead atoms. The summed E-state index contributed by atoms with van der Waals surface area (Å²) in [6.07, 6.45) is -2.52. The van der Waals surface area contributed by atoms with E-state index in [0.29, 0.717) is 25.9 Å². The highest BCUT2D eigenvalue weighted by molar-refractivity contribution is 5.77. The monoisotopic (exact) mass is 344 g/mol. The summed E-state index contributed by atoms with van der Waals surface area (Å²) in [4.78, 5) is 11.2. The molecule has 2 rings (SSSR count). The van der Waals surface area contributed by atoms with Gasteiger partial charge in [-0.15, -0.1) is 0 Å². The summed E-state index contributed by atoms with van der Waals surface area (Å²) < 4.78 is 45.1. The molecule has 0 saturated carbocycles. The Balaban J connectivity index is 1.86. The summed E-state index contributed by atoms with van der Waals surface area (Å²) in [6.45, 7) is 2.56. The van der Waals surface area contributed by atoms with Crippen molar-refractivity contribution in [2.75, 3.05) is 13.2 Å². The van der Waals surface area contributed by atoms with Crippen LogP contribution in [-0.4, -0.2) is 36.3 Å². The summed E-state index contributed by atoms with van der Waals surface area (Å²) in [5.41, 5.74) is 3.31. The molecular weight excluding hydrogens is 321 g/mol. The summed E-state index contributed by atoms with van der Waals surface area (Å²) >= 11 is 0. The van der Waals surface area contributed by atoms with Crippen molar-refractivity contribution in [2.45, 2.75) is 51.2 Å². The molecule has 0 unspecified atom stereocenters. The van der Waals surface area contributed by atoms with Gasteiger partial charge in [0, 0.05) is 13.0 Å². The zero-order valence-electron chi connectivity index (χ0n) is 13.7. The molecule has 0 radical (unpaired) electrons. The van der Waals surface area contributed by atoms with Gasteiger partial charge in [-0.1, -0.05) is 24.6 Å². The van der Waals surface area contributed by atoms with Crippen LogP contribution in [0.3, 0.4) is 0 Å². The van der Waals surface area contributed by atoms with E-state index in [0.717, 1.165) is 16.3 Å². The quantitative estimate of drug-likeness (QED) is 0.734. The van der Waals surface area contributed by atoms with Gasteiger partial charge in [-0.25, -0.2) is 5.01 Å². The lowest BCUT2D eigenvalue weighted by atomic mass is 10.0. The third kappa shape index (κ3) is 5.12. The number of halogens is 3. The molecule has 1 fully saturated rings. The number of alkyl halides is 3. The second kappa shape index (κ2) is 8.37. The van der Waals surface area contributed by atoms with Gasteiger partial charge in [0.05, 0.1) is 6.61 Å². The summed E-state index contributed by atoms with van der Waals surface area (Å²) in [6, 6.07) is 5.97. The fraction of sp³-hybridized carbons (Fsp3) is 0.588. The van der Waals surface area contributed by atoms with E-state index in [1.807, 2.05) is 31.2 Å². The minimum atomic E-state index is -4.35. The van der Waals surface area contributed by atoms with Crippen LogP contribution < -0.4 is 10.2 Å². The van der Waals surface area contributed by atoms with Crippen LogP contribution in [0, 0.1) is 0 Å². The number of hydrazine groups is 1. The second-order valence-corrected chi connectivity index (χ2v) is 5.82. The van der Waals surface area contributed by atoms with Crippen molar-refractivity contribution in [1.29, 1.82) is 0 Å². The van der Waals surface area contributed by atoms with Gasteiger partial charge in [0.1, 0.15) is 11.8 Å². The first kappa shape index (κ1) is 18.6. The Hall–Kier alpha value is -1.76. The molecule has 1 N–H and O–H groups in total. The van der Waals surface area contributed by atoms with E-state index in [1.165, 1.54) is 0 Å². The molecule has 1 saturated heterocycles. The van der Waals surface area contributed by atoms with Crippen LogP contribution in [0.25, 0.3) is 0 Å². The van der Waals surface area contributed by atoms with E-state index in [2.05, 4.69) is 5.43 Å². The number of carbonyl (C=O) groups excluding carboxylic acids is 1. The predicted molar refractivity (Wildman–Crippen MR) is 84.5 cm³/mol. The molecule has 1 aromatic carbocycles. The standard InChI is InChI=1S/C17H23F3N2O2/c1-2-24-14-9-5-3-7-13(14)8-4-6-10-15(17(18,19)20)22-12-11-16(23)21-22/h3,5,7,9,15H,2,4,6,8,10-12H2,1H3,(H,21,23)/t15-/m0/s1. The third-order valence-corrected chi connectivity index (χ3v) is 4.05. The highest BCUT2D eigenvalue weighted by Gasteiger charge is 2.45. The Morgan fingerprint density at radius 3 is 2.67 bits per heavy atom. The third-order valence-electron chi connectivity index (χ3n) is 4.05. The van der Waals surface area contributed by atoms with Gasteiger partial charge in [0.15, 0.2) is 0 Å². The number of unbranched alkanes of at least 4 members (excludes halogenated alkanes) is 1. The van der Waals surface area contributed by atoms with Crippen LogP contribution in [-0.2, 0) is 11.2 Å². The normalized spacial score (nSPS) is 16.9. The molecule has 1 aliphatic rings. The van der Waals surface area contributed by atoms with Crippen molar-refractivity contribution >= 4 is 5.91 Å². The molecule has 7 heteroatoms. The molecule has 0 aliphatic carbocycles. The molecule has 1 aliphatic heterocycles. The topological polar surface area (TPSA) is 41.6 Å². The number of hydrogen-bond donors (Lipinski definition) is 1. The summed E-state index contributed by atoms with van der Waals surface area (Å²) in [5.74, 6) is 0.439. The molecule has 24 heavy (non-hydrogen) atoms. The van der Waals surface area contributed by atoms with E-state index in [9.17, 15) is 18.0 Å². The second-order valence-electron chi connectivity index (χ2n) is 5.82. The van der Waals surface area contributed by atoms with Crippen molar-refractivity contribution in [3.63, 3.8) is 0 Å². The van der Waals surface area contributed by atoms with Crippen molar-refractivity contribution in [3.05, 3.63) is 29.8 Å². The first-order chi connectivity index (χ1) is 11.4. The van der Waals surface area contributed by atoms with Crippen LogP contribution in [0.5, 0.6) is 5.75 Å². The predicted octanol–water partition coefficient (Wildman–Crippen LogP) is 3.47. The average Bonchev–Trinajstić information content (AvgIpc) is 2.93. The van der Waals surface area contributed by atoms with Gasteiger partial charge in [0.25, 0.3) is 0 Å². The van der Waals surface area contributed by atoms with E-state index in [4.69, 9.17) is 4.74 Å². The fourth-order valence-electron chi connectivity index (χ4n) is 2.88. The lowest BCUT2D eigenvalue weighted by Crippen LogP contribution is -2.49. The van der Waals surface area contributed by atoms with Gasteiger partial charge in [-0.2, -0.15) is 13.2 Å². The number of amides is 1. The van der Waals surface area contributed by atoms with E-state index in [1.54, 1.807) is 0 Å². The lowest BCUT2D eigenvalue weighted by molar-refractivity contribution is -0.190. The molecule has 1 amide bonds. The van der Waals surface area contributed by atoms with Crippen molar-refractivity contribution in [3.8, 4) is 5.75 Å². The molecule has 0 spiro atoms. The van der Waals surface area contributed by atoms with Crippen molar-refractivity contribution in [1.82, 2.24) is 10.4 Å². The van der Waals surface area contributed by atoms with E-state index >= 15 is 0 Å². The minimum absolute atomic E-state index is 0.0272. The van der Waals surface area contributed by atoms with Gasteiger partial charge < -0.3 is 4.74 Å². The first-order valence-corrected chi connectivity index (χ1v) is 8.25. The maximum absolute atomic E-state index is 13.2. The molecule has 1 aromatic rings. The molecule has 1 atom stereocenters. The first-order valence-electron chi connectivity index (χ1n) is 8.25. The SMILES string of the molecule is CCOc1ccccc1CCCC[C@H](N1CCC(=O)N1)C(F)(F)F. The number of para-hydroxylation sites is 1. The van der Waals surface area contributed by atoms with Gasteiger partial charge in [0.2, 0.25) is 5.91 Å². The number of rotatable bonds is 8. The maximum atomic E-state index is 13.2. The van der Waals surface area contributed by atoms with E-state index in [-0.39, 0.29) is 25.3 Å². The number of benzene rings is 1. The zero-order valence-corrected chi connectivity index (χ0v) is 13.7. The molecule has 4 nitrogen and oxygen atoms in total. The Morgan fingerprint density at radius 1 is 1.29 bits per heavy atom. The van der Waals surface area contributed by atoms with Gasteiger partial charge in [-0.3, -0.25) is 10.2 Å². The molecule has 134 valence electrons. The number of aryl methyl sites for hydroxylation is 1. The minimum Gasteiger partial charge on any atom is -0.494 e. The number of nitrogens with one attached hydrogen (secondary N) is 1. The number of ether oxygens (including phenoxy) is 1.